The van der Waals surface area contributed by atoms with Gasteiger partial charge in [-0.15, -0.1) is 0 Å². The highest BCUT2D eigenvalue weighted by Crippen LogP contribution is 2.22. The Morgan fingerprint density at radius 1 is 0.710 bits per heavy atom. The van der Waals surface area contributed by atoms with Crippen LogP contribution in [0.25, 0.3) is 0 Å². The molecule has 156 valence electrons. The SMILES string of the molecule is O=S(=O)(Nc1ccc(Nc2cc(Nc3ccccn3)ncn2)cc1)c1ccc(Cl)cc1. The van der Waals surface area contributed by atoms with E-state index in [0.29, 0.717) is 28.2 Å². The van der Waals surface area contributed by atoms with Crippen LogP contribution in [-0.2, 0) is 10.0 Å². The third kappa shape index (κ3) is 5.47. The standard InChI is InChI=1S/C21H17ClN6O2S/c22-15-4-10-18(11-5-15)31(29,30)28-17-8-6-16(7-9-17)26-20-13-21(25-14-24-20)27-19-3-1-2-12-23-19/h1-14,28H,(H2,23,24,25,26,27). The summed E-state index contributed by atoms with van der Waals surface area (Å²) < 4.78 is 27.5. The van der Waals surface area contributed by atoms with Gasteiger partial charge >= 0.3 is 0 Å². The van der Waals surface area contributed by atoms with Crippen LogP contribution in [-0.4, -0.2) is 23.4 Å². The third-order valence-corrected chi connectivity index (χ3v) is 5.77. The number of benzene rings is 2. The minimum absolute atomic E-state index is 0.132. The molecule has 0 fully saturated rings. The molecule has 0 saturated heterocycles. The highest BCUT2D eigenvalue weighted by Gasteiger charge is 2.14. The second-order valence-electron chi connectivity index (χ2n) is 6.39. The van der Waals surface area contributed by atoms with E-state index in [0.717, 1.165) is 5.69 Å². The van der Waals surface area contributed by atoms with Crippen LogP contribution in [0.1, 0.15) is 0 Å². The number of aromatic nitrogens is 3. The Morgan fingerprint density at radius 2 is 1.39 bits per heavy atom. The van der Waals surface area contributed by atoms with E-state index in [4.69, 9.17) is 11.6 Å². The molecule has 2 aromatic carbocycles. The first kappa shape index (κ1) is 20.6. The van der Waals surface area contributed by atoms with Gasteiger partial charge in [-0.3, -0.25) is 4.72 Å². The smallest absolute Gasteiger partial charge is 0.261 e. The lowest BCUT2D eigenvalue weighted by Crippen LogP contribution is -2.12. The molecule has 0 atom stereocenters. The highest BCUT2D eigenvalue weighted by molar-refractivity contribution is 7.92. The van der Waals surface area contributed by atoms with Crippen molar-refractivity contribution in [2.45, 2.75) is 4.90 Å². The average molecular weight is 453 g/mol. The number of nitrogens with zero attached hydrogens (tertiary/aromatic N) is 3. The summed E-state index contributed by atoms with van der Waals surface area (Å²) in [4.78, 5) is 12.7. The summed E-state index contributed by atoms with van der Waals surface area (Å²) in [6.07, 6.45) is 3.12. The molecule has 0 amide bonds. The Bertz CT molecular complexity index is 1270. The number of halogens is 1. The first-order valence-electron chi connectivity index (χ1n) is 9.13. The van der Waals surface area contributed by atoms with Crippen molar-refractivity contribution in [1.29, 1.82) is 0 Å². The zero-order chi connectivity index (χ0) is 21.7. The van der Waals surface area contributed by atoms with Crippen molar-refractivity contribution in [3.63, 3.8) is 0 Å². The van der Waals surface area contributed by atoms with Crippen LogP contribution in [0.4, 0.5) is 28.8 Å². The molecule has 3 N–H and O–H groups in total. The first-order valence-corrected chi connectivity index (χ1v) is 11.0. The van der Waals surface area contributed by atoms with Crippen LogP contribution >= 0.6 is 11.6 Å². The molecule has 0 aliphatic rings. The molecule has 0 aliphatic carbocycles. The van der Waals surface area contributed by atoms with E-state index in [1.165, 1.54) is 30.6 Å². The second-order valence-corrected chi connectivity index (χ2v) is 8.51. The van der Waals surface area contributed by atoms with Gasteiger partial charge in [0.2, 0.25) is 0 Å². The van der Waals surface area contributed by atoms with Crippen LogP contribution in [0.2, 0.25) is 5.02 Å². The van der Waals surface area contributed by atoms with Crippen LogP contribution in [0.3, 0.4) is 0 Å². The minimum Gasteiger partial charge on any atom is -0.340 e. The van der Waals surface area contributed by atoms with Gasteiger partial charge < -0.3 is 10.6 Å². The summed E-state index contributed by atoms with van der Waals surface area (Å²) >= 11 is 5.82. The molecule has 0 unspecified atom stereocenters. The number of nitrogens with one attached hydrogen (secondary N) is 3. The lowest BCUT2D eigenvalue weighted by Gasteiger charge is -2.10. The van der Waals surface area contributed by atoms with Gasteiger partial charge in [0.05, 0.1) is 4.90 Å². The van der Waals surface area contributed by atoms with Crippen molar-refractivity contribution in [2.24, 2.45) is 0 Å². The quantitative estimate of drug-likeness (QED) is 0.369. The molecule has 8 nitrogen and oxygen atoms in total. The van der Waals surface area contributed by atoms with Crippen molar-refractivity contribution in [1.82, 2.24) is 15.0 Å². The zero-order valence-corrected chi connectivity index (χ0v) is 17.6. The van der Waals surface area contributed by atoms with Crippen LogP contribution in [0.5, 0.6) is 0 Å². The van der Waals surface area contributed by atoms with E-state index in [2.05, 4.69) is 30.3 Å². The summed E-state index contributed by atoms with van der Waals surface area (Å²) in [5, 5.41) is 6.72. The average Bonchev–Trinajstić information content (AvgIpc) is 2.76. The fraction of sp³-hybridized carbons (Fsp3) is 0. The number of sulfonamides is 1. The Balaban J connectivity index is 1.43. The molecular formula is C21H17ClN6O2S. The molecule has 0 saturated carbocycles. The van der Waals surface area contributed by atoms with E-state index in [9.17, 15) is 8.42 Å². The van der Waals surface area contributed by atoms with Gasteiger partial charge in [-0.2, -0.15) is 0 Å². The predicted octanol–water partition coefficient (Wildman–Crippen LogP) is 4.81. The van der Waals surface area contributed by atoms with Gasteiger partial charge in [0, 0.05) is 28.7 Å². The molecule has 2 heterocycles. The molecule has 0 bridgehead atoms. The summed E-state index contributed by atoms with van der Waals surface area (Å²) in [5.74, 6) is 1.83. The topological polar surface area (TPSA) is 109 Å². The molecule has 4 rings (SSSR count). The molecule has 10 heteroatoms. The van der Waals surface area contributed by atoms with Gasteiger partial charge in [0.15, 0.2) is 0 Å². The largest absolute Gasteiger partial charge is 0.340 e. The number of rotatable bonds is 7. The molecule has 0 radical (unpaired) electrons. The van der Waals surface area contributed by atoms with E-state index >= 15 is 0 Å². The third-order valence-electron chi connectivity index (χ3n) is 4.12. The van der Waals surface area contributed by atoms with Crippen LogP contribution in [0, 0.1) is 0 Å². The Labute approximate surface area is 184 Å². The minimum atomic E-state index is -3.70. The lowest BCUT2D eigenvalue weighted by atomic mass is 10.3. The summed E-state index contributed by atoms with van der Waals surface area (Å²) in [6.45, 7) is 0. The molecule has 4 aromatic rings. The van der Waals surface area contributed by atoms with Crippen molar-refractivity contribution >= 4 is 50.5 Å². The number of hydrogen-bond donors (Lipinski definition) is 3. The Hall–Kier alpha value is -3.69. The second kappa shape index (κ2) is 8.99. The molecular weight excluding hydrogens is 436 g/mol. The van der Waals surface area contributed by atoms with E-state index in [1.807, 2.05) is 18.2 Å². The van der Waals surface area contributed by atoms with E-state index in [1.54, 1.807) is 36.5 Å². The maximum atomic E-state index is 12.5. The first-order chi connectivity index (χ1) is 15.0. The van der Waals surface area contributed by atoms with Crippen molar-refractivity contribution in [3.05, 3.63) is 90.3 Å². The monoisotopic (exact) mass is 452 g/mol. The maximum absolute atomic E-state index is 12.5. The fourth-order valence-corrected chi connectivity index (χ4v) is 3.84. The van der Waals surface area contributed by atoms with Gasteiger partial charge in [-0.05, 0) is 60.7 Å². The molecule has 0 aliphatic heterocycles. The van der Waals surface area contributed by atoms with Crippen LogP contribution < -0.4 is 15.4 Å². The highest BCUT2D eigenvalue weighted by atomic mass is 35.5. The number of pyridine rings is 1. The number of hydrogen-bond acceptors (Lipinski definition) is 7. The van der Waals surface area contributed by atoms with Crippen molar-refractivity contribution in [2.75, 3.05) is 15.4 Å². The molecule has 31 heavy (non-hydrogen) atoms. The van der Waals surface area contributed by atoms with Crippen LogP contribution in [0.15, 0.2) is 90.2 Å². The maximum Gasteiger partial charge on any atom is 0.261 e. The van der Waals surface area contributed by atoms with E-state index < -0.39 is 10.0 Å². The van der Waals surface area contributed by atoms with E-state index in [-0.39, 0.29) is 4.90 Å². The summed E-state index contributed by atoms with van der Waals surface area (Å²) in [6, 6.07) is 20.0. The Kier molecular flexibility index (Phi) is 5.96. The zero-order valence-electron chi connectivity index (χ0n) is 16.0. The molecule has 2 aromatic heterocycles. The van der Waals surface area contributed by atoms with Gasteiger partial charge in [0.25, 0.3) is 10.0 Å². The lowest BCUT2D eigenvalue weighted by molar-refractivity contribution is 0.601. The van der Waals surface area contributed by atoms with Gasteiger partial charge in [0.1, 0.15) is 23.8 Å². The van der Waals surface area contributed by atoms with Gasteiger partial charge in [-0.1, -0.05) is 17.7 Å². The number of anilines is 5. The van der Waals surface area contributed by atoms with Crippen molar-refractivity contribution in [3.8, 4) is 0 Å². The summed E-state index contributed by atoms with van der Waals surface area (Å²) in [5.41, 5.74) is 1.16. The van der Waals surface area contributed by atoms with Crippen molar-refractivity contribution < 1.29 is 8.42 Å². The summed E-state index contributed by atoms with van der Waals surface area (Å²) in [7, 11) is -3.70. The molecule has 0 spiro atoms. The van der Waals surface area contributed by atoms with Gasteiger partial charge in [-0.25, -0.2) is 23.4 Å². The Morgan fingerprint density at radius 3 is 2.06 bits per heavy atom. The fourth-order valence-electron chi connectivity index (χ4n) is 2.66. The normalized spacial score (nSPS) is 11.0. The predicted molar refractivity (Wildman–Crippen MR) is 122 cm³/mol.